The number of rotatable bonds is 7. The van der Waals surface area contributed by atoms with Crippen LogP contribution in [0.25, 0.3) is 0 Å². The molecule has 2 atom stereocenters. The molecule has 2 unspecified atom stereocenters. The summed E-state index contributed by atoms with van der Waals surface area (Å²) in [7, 11) is 0. The summed E-state index contributed by atoms with van der Waals surface area (Å²) in [5, 5.41) is 7.35. The van der Waals surface area contributed by atoms with E-state index in [0.29, 0.717) is 23.6 Å². The van der Waals surface area contributed by atoms with Crippen LogP contribution in [0, 0.1) is 5.92 Å². The van der Waals surface area contributed by atoms with Gasteiger partial charge in [-0.1, -0.05) is 54.1 Å². The second-order valence-electron chi connectivity index (χ2n) is 7.29. The van der Waals surface area contributed by atoms with E-state index in [4.69, 9.17) is 16.3 Å². The average molecular weight is 453 g/mol. The van der Waals surface area contributed by atoms with Crippen LogP contribution in [-0.2, 0) is 22.6 Å². The smallest absolute Gasteiger partial charge is 0.341 e. The number of carbonyl (C=O) groups is 2. The Kier molecular flexibility index (Phi) is 6.79. The van der Waals surface area contributed by atoms with Crippen molar-refractivity contribution in [3.63, 3.8) is 0 Å². The van der Waals surface area contributed by atoms with Crippen molar-refractivity contribution in [3.8, 4) is 0 Å². The van der Waals surface area contributed by atoms with Crippen molar-refractivity contribution in [3.05, 3.63) is 93.1 Å². The maximum Gasteiger partial charge on any atom is 0.341 e. The Balaban J connectivity index is 1.56. The number of carbonyl (C=O) groups excluding carboxylic acids is 2. The van der Waals surface area contributed by atoms with E-state index >= 15 is 0 Å². The SMILES string of the molecule is O=C1N=C(CCc2cccc(Cl)c2)C(C(=O)OCc2ccccc2)C(c2ccsc2)N1. The van der Waals surface area contributed by atoms with Gasteiger partial charge in [-0.3, -0.25) is 4.79 Å². The molecule has 0 aliphatic carbocycles. The Labute approximate surface area is 189 Å². The van der Waals surface area contributed by atoms with Crippen molar-refractivity contribution in [2.75, 3.05) is 0 Å². The van der Waals surface area contributed by atoms with Crippen LogP contribution in [0.15, 0.2) is 76.4 Å². The van der Waals surface area contributed by atoms with Crippen LogP contribution in [0.1, 0.15) is 29.2 Å². The molecule has 0 fully saturated rings. The van der Waals surface area contributed by atoms with E-state index in [2.05, 4.69) is 10.3 Å². The molecule has 0 spiro atoms. The molecule has 2 amide bonds. The fourth-order valence-corrected chi connectivity index (χ4v) is 4.55. The zero-order valence-electron chi connectivity index (χ0n) is 16.7. The second-order valence-corrected chi connectivity index (χ2v) is 8.50. The van der Waals surface area contributed by atoms with Crippen LogP contribution in [0.4, 0.5) is 4.79 Å². The Morgan fingerprint density at radius 2 is 1.87 bits per heavy atom. The van der Waals surface area contributed by atoms with Crippen molar-refractivity contribution in [1.82, 2.24) is 5.32 Å². The fourth-order valence-electron chi connectivity index (χ4n) is 3.64. The van der Waals surface area contributed by atoms with E-state index in [1.165, 1.54) is 11.3 Å². The van der Waals surface area contributed by atoms with E-state index < -0.39 is 24.0 Å². The Morgan fingerprint density at radius 3 is 2.61 bits per heavy atom. The van der Waals surface area contributed by atoms with Crippen molar-refractivity contribution < 1.29 is 14.3 Å². The number of urea groups is 1. The number of thiophene rings is 1. The zero-order chi connectivity index (χ0) is 21.6. The fraction of sp³-hybridized carbons (Fsp3) is 0.208. The van der Waals surface area contributed by atoms with Crippen molar-refractivity contribution in [1.29, 1.82) is 0 Å². The summed E-state index contributed by atoms with van der Waals surface area (Å²) in [6.45, 7) is 0.169. The van der Waals surface area contributed by atoms with Gasteiger partial charge in [0.2, 0.25) is 0 Å². The van der Waals surface area contributed by atoms with E-state index in [0.717, 1.165) is 16.7 Å². The Bertz CT molecular complexity index is 1080. The molecular formula is C24H21ClN2O3S. The van der Waals surface area contributed by atoms with Gasteiger partial charge in [-0.15, -0.1) is 0 Å². The van der Waals surface area contributed by atoms with Gasteiger partial charge in [0.25, 0.3) is 0 Å². The van der Waals surface area contributed by atoms with Gasteiger partial charge in [0, 0.05) is 10.7 Å². The number of aliphatic imine (C=N–C) groups is 1. The number of benzene rings is 2. The van der Waals surface area contributed by atoms with Crippen LogP contribution >= 0.6 is 22.9 Å². The standard InChI is InChI=1S/C24H21ClN2O3S/c25-19-8-4-7-16(13-19)9-10-20-21(23(28)30-14-17-5-2-1-3-6-17)22(27-24(29)26-20)18-11-12-31-15-18/h1-8,11-13,15,21-22H,9-10,14H2,(H,27,29). The monoisotopic (exact) mass is 452 g/mol. The topological polar surface area (TPSA) is 67.8 Å². The maximum atomic E-state index is 13.2. The van der Waals surface area contributed by atoms with Gasteiger partial charge in [0.15, 0.2) is 0 Å². The summed E-state index contributed by atoms with van der Waals surface area (Å²) >= 11 is 7.61. The van der Waals surface area contributed by atoms with Crippen LogP contribution in [0.5, 0.6) is 0 Å². The summed E-state index contributed by atoms with van der Waals surface area (Å²) in [6.07, 6.45) is 1.07. The normalized spacial score (nSPS) is 18.2. The molecule has 2 heterocycles. The van der Waals surface area contributed by atoms with E-state index in [1.807, 2.05) is 71.4 Å². The minimum atomic E-state index is -0.685. The minimum absolute atomic E-state index is 0.169. The molecule has 1 aliphatic heterocycles. The number of nitrogens with one attached hydrogen (secondary N) is 1. The van der Waals surface area contributed by atoms with Crippen molar-refractivity contribution in [2.45, 2.75) is 25.5 Å². The van der Waals surface area contributed by atoms with E-state index in [1.54, 1.807) is 0 Å². The molecule has 3 aromatic rings. The Hall–Kier alpha value is -2.96. The van der Waals surface area contributed by atoms with E-state index in [9.17, 15) is 9.59 Å². The molecule has 31 heavy (non-hydrogen) atoms. The highest BCUT2D eigenvalue weighted by Crippen LogP contribution is 2.31. The predicted molar refractivity (Wildman–Crippen MR) is 123 cm³/mol. The predicted octanol–water partition coefficient (Wildman–Crippen LogP) is 5.60. The lowest BCUT2D eigenvalue weighted by molar-refractivity contribution is -0.148. The third-order valence-corrected chi connectivity index (χ3v) is 6.09. The first-order chi connectivity index (χ1) is 15.1. The highest BCUT2D eigenvalue weighted by molar-refractivity contribution is 7.08. The molecule has 1 aromatic heterocycles. The van der Waals surface area contributed by atoms with Gasteiger partial charge in [0.05, 0.1) is 6.04 Å². The molecule has 0 bridgehead atoms. The number of aryl methyl sites for hydroxylation is 1. The molecule has 5 nitrogen and oxygen atoms in total. The lowest BCUT2D eigenvalue weighted by atomic mass is 9.86. The van der Waals surface area contributed by atoms with Gasteiger partial charge in [-0.2, -0.15) is 11.3 Å². The van der Waals surface area contributed by atoms with Gasteiger partial charge in [-0.05, 0) is 58.5 Å². The molecule has 0 saturated heterocycles. The molecule has 0 radical (unpaired) electrons. The number of hydrogen-bond donors (Lipinski definition) is 1. The van der Waals surface area contributed by atoms with Gasteiger partial charge in [0.1, 0.15) is 12.5 Å². The molecule has 2 aromatic carbocycles. The van der Waals surface area contributed by atoms with Crippen molar-refractivity contribution >= 4 is 40.6 Å². The first kappa shape index (κ1) is 21.3. The number of amides is 2. The molecule has 0 saturated carbocycles. The third kappa shape index (κ3) is 5.40. The highest BCUT2D eigenvalue weighted by Gasteiger charge is 2.39. The quantitative estimate of drug-likeness (QED) is 0.474. The third-order valence-electron chi connectivity index (χ3n) is 5.16. The van der Waals surface area contributed by atoms with Crippen LogP contribution < -0.4 is 5.32 Å². The Morgan fingerprint density at radius 1 is 1.06 bits per heavy atom. The first-order valence-electron chi connectivity index (χ1n) is 9.95. The lowest BCUT2D eigenvalue weighted by Crippen LogP contribution is -2.45. The van der Waals surface area contributed by atoms with Gasteiger partial charge in [-0.25, -0.2) is 9.79 Å². The summed E-state index contributed by atoms with van der Waals surface area (Å²) in [4.78, 5) is 29.7. The minimum Gasteiger partial charge on any atom is -0.460 e. The summed E-state index contributed by atoms with van der Waals surface area (Å²) in [5.41, 5.74) is 3.32. The number of esters is 1. The lowest BCUT2D eigenvalue weighted by Gasteiger charge is -2.30. The largest absolute Gasteiger partial charge is 0.460 e. The molecular weight excluding hydrogens is 432 g/mol. The highest BCUT2D eigenvalue weighted by atomic mass is 35.5. The summed E-state index contributed by atoms with van der Waals surface area (Å²) < 4.78 is 5.64. The molecule has 158 valence electrons. The summed E-state index contributed by atoms with van der Waals surface area (Å²) in [6, 6.07) is 18.0. The number of halogens is 1. The maximum absolute atomic E-state index is 13.2. The average Bonchev–Trinajstić information content (AvgIpc) is 3.31. The first-order valence-corrected chi connectivity index (χ1v) is 11.3. The zero-order valence-corrected chi connectivity index (χ0v) is 18.2. The molecule has 4 rings (SSSR count). The molecule has 1 aliphatic rings. The van der Waals surface area contributed by atoms with Gasteiger partial charge >= 0.3 is 12.0 Å². The molecule has 7 heteroatoms. The number of nitrogens with zero attached hydrogens (tertiary/aromatic N) is 1. The molecule has 1 N–H and O–H groups in total. The van der Waals surface area contributed by atoms with Crippen LogP contribution in [-0.4, -0.2) is 17.7 Å². The van der Waals surface area contributed by atoms with Gasteiger partial charge < -0.3 is 10.1 Å². The second kappa shape index (κ2) is 9.90. The van der Waals surface area contributed by atoms with Crippen molar-refractivity contribution in [2.24, 2.45) is 10.9 Å². The van der Waals surface area contributed by atoms with E-state index in [-0.39, 0.29) is 6.61 Å². The van der Waals surface area contributed by atoms with Crippen LogP contribution in [0.2, 0.25) is 5.02 Å². The number of ether oxygens (including phenoxy) is 1. The van der Waals surface area contributed by atoms with Crippen LogP contribution in [0.3, 0.4) is 0 Å². The summed E-state index contributed by atoms with van der Waals surface area (Å²) in [5.74, 6) is -1.08. The number of hydrogen-bond acceptors (Lipinski definition) is 4.